The number of rotatable bonds is 5. The van der Waals surface area contributed by atoms with Gasteiger partial charge in [-0.25, -0.2) is 0 Å². The second kappa shape index (κ2) is 8.18. The van der Waals surface area contributed by atoms with E-state index in [2.05, 4.69) is 10.6 Å². The minimum absolute atomic E-state index is 0. The lowest BCUT2D eigenvalue weighted by Gasteiger charge is -2.34. The summed E-state index contributed by atoms with van der Waals surface area (Å²) in [7, 11) is 1.45. The van der Waals surface area contributed by atoms with Crippen molar-refractivity contribution in [3.05, 3.63) is 0 Å². The topological polar surface area (TPSA) is 50.4 Å². The van der Waals surface area contributed by atoms with Gasteiger partial charge in [-0.2, -0.15) is 13.2 Å². The maximum absolute atomic E-state index is 11.9. The summed E-state index contributed by atoms with van der Waals surface area (Å²) in [5.41, 5.74) is -5.15. The van der Waals surface area contributed by atoms with Crippen LogP contribution >= 0.6 is 24.2 Å². The van der Waals surface area contributed by atoms with E-state index in [9.17, 15) is 18.0 Å². The molecule has 0 unspecified atom stereocenters. The molecule has 0 spiro atoms. The van der Waals surface area contributed by atoms with E-state index in [1.807, 2.05) is 0 Å². The van der Waals surface area contributed by atoms with Crippen LogP contribution in [0, 0.1) is 0 Å². The summed E-state index contributed by atoms with van der Waals surface area (Å²) in [6.45, 7) is 1.32. The molecule has 1 fully saturated rings. The molecule has 9 heteroatoms. The zero-order chi connectivity index (χ0) is 13.6. The monoisotopic (exact) mass is 322 g/mol. The van der Waals surface area contributed by atoms with Gasteiger partial charge in [0.15, 0.2) is 0 Å². The first-order chi connectivity index (χ1) is 8.40. The fraction of sp³-hybridized carbons (Fsp3) is 0.900. The van der Waals surface area contributed by atoms with E-state index >= 15 is 0 Å². The number of methoxy groups -OCH3 is 1. The van der Waals surface area contributed by atoms with E-state index in [4.69, 9.17) is 4.74 Å². The minimum atomic E-state index is -4.25. The van der Waals surface area contributed by atoms with Crippen LogP contribution in [-0.4, -0.2) is 49.5 Å². The first-order valence-electron chi connectivity index (χ1n) is 5.64. The third kappa shape index (κ3) is 6.20. The fourth-order valence-corrected chi connectivity index (χ4v) is 2.28. The second-order valence-corrected chi connectivity index (χ2v) is 5.16. The summed E-state index contributed by atoms with van der Waals surface area (Å²) in [4.78, 5) is 11.9. The Kier molecular flexibility index (Phi) is 8.11. The van der Waals surface area contributed by atoms with Crippen LogP contribution in [0.3, 0.4) is 0 Å². The molecule has 1 aliphatic rings. The van der Waals surface area contributed by atoms with E-state index in [0.29, 0.717) is 25.9 Å². The summed E-state index contributed by atoms with van der Waals surface area (Å²) >= 11 is -0.139. The van der Waals surface area contributed by atoms with Gasteiger partial charge in [-0.1, -0.05) is 0 Å². The first kappa shape index (κ1) is 18.8. The number of piperidine rings is 1. The lowest BCUT2D eigenvalue weighted by atomic mass is 9.91. The van der Waals surface area contributed by atoms with Crippen molar-refractivity contribution in [2.24, 2.45) is 0 Å². The van der Waals surface area contributed by atoms with Crippen molar-refractivity contribution in [2.45, 2.75) is 24.0 Å². The Bertz CT molecular complexity index is 286. The van der Waals surface area contributed by atoms with Gasteiger partial charge in [-0.15, -0.1) is 12.4 Å². The molecule has 0 aliphatic carbocycles. The van der Waals surface area contributed by atoms with Gasteiger partial charge in [0.25, 0.3) is 5.91 Å². The number of hydrogen-bond donors (Lipinski definition) is 2. The predicted molar refractivity (Wildman–Crippen MR) is 70.6 cm³/mol. The zero-order valence-electron chi connectivity index (χ0n) is 10.5. The van der Waals surface area contributed by atoms with Crippen LogP contribution in [0.4, 0.5) is 13.2 Å². The number of halogens is 4. The molecule has 2 N–H and O–H groups in total. The number of nitrogens with one attached hydrogen (secondary N) is 2. The van der Waals surface area contributed by atoms with Crippen molar-refractivity contribution in [3.63, 3.8) is 0 Å². The van der Waals surface area contributed by atoms with E-state index in [1.165, 1.54) is 7.11 Å². The average molecular weight is 323 g/mol. The molecular weight excluding hydrogens is 305 g/mol. The smallest absolute Gasteiger partial charge is 0.368 e. The molecule has 1 amide bonds. The van der Waals surface area contributed by atoms with Crippen molar-refractivity contribution < 1.29 is 22.7 Å². The highest BCUT2D eigenvalue weighted by Crippen LogP contribution is 2.29. The molecule has 1 aliphatic heterocycles. The Morgan fingerprint density at radius 1 is 1.42 bits per heavy atom. The zero-order valence-corrected chi connectivity index (χ0v) is 12.1. The largest absolute Gasteiger partial charge is 0.441 e. The molecular formula is C10H18ClF3N2O2S. The maximum Gasteiger partial charge on any atom is 0.441 e. The van der Waals surface area contributed by atoms with Crippen LogP contribution in [0.15, 0.2) is 0 Å². The molecule has 0 aromatic heterocycles. The number of ether oxygens (including phenoxy) is 1. The van der Waals surface area contributed by atoms with Gasteiger partial charge in [-0.05, 0) is 37.7 Å². The summed E-state index contributed by atoms with van der Waals surface area (Å²) < 4.78 is 40.9. The Hall–Kier alpha value is -0.180. The number of carbonyl (C=O) groups is 1. The highest BCUT2D eigenvalue weighted by atomic mass is 35.5. The third-order valence-corrected chi connectivity index (χ3v) is 3.60. The molecule has 114 valence electrons. The van der Waals surface area contributed by atoms with Gasteiger partial charge in [0, 0.05) is 19.4 Å². The maximum atomic E-state index is 11.9. The Labute approximate surface area is 120 Å². The van der Waals surface area contributed by atoms with E-state index in [0.717, 1.165) is 0 Å². The highest BCUT2D eigenvalue weighted by molar-refractivity contribution is 8.00. The minimum Gasteiger partial charge on any atom is -0.368 e. The standard InChI is InChI=1S/C10H17F3N2O2S.ClH/c1-17-9(2-4-14-5-3-9)8(16)15-6-7-18-10(11,12)13;/h14H,2-7H2,1H3,(H,15,16);1H. The van der Waals surface area contributed by atoms with Crippen molar-refractivity contribution >= 4 is 30.1 Å². The normalized spacial score (nSPS) is 18.5. The molecule has 0 aromatic carbocycles. The summed E-state index contributed by atoms with van der Waals surface area (Å²) in [5.74, 6) is -0.512. The molecule has 0 bridgehead atoms. The number of hydrogen-bond acceptors (Lipinski definition) is 4. The molecule has 0 saturated carbocycles. The lowest BCUT2D eigenvalue weighted by molar-refractivity contribution is -0.146. The van der Waals surface area contributed by atoms with Crippen molar-refractivity contribution in [1.29, 1.82) is 0 Å². The summed E-state index contributed by atoms with van der Waals surface area (Å²) in [6.07, 6.45) is 1.06. The molecule has 1 rings (SSSR count). The van der Waals surface area contributed by atoms with Crippen LogP contribution in [-0.2, 0) is 9.53 Å². The molecule has 19 heavy (non-hydrogen) atoms. The van der Waals surface area contributed by atoms with E-state index in [1.54, 1.807) is 0 Å². The number of thioether (sulfide) groups is 1. The predicted octanol–water partition coefficient (Wildman–Crippen LogP) is 1.55. The molecule has 0 radical (unpaired) electrons. The molecule has 1 saturated heterocycles. The summed E-state index contributed by atoms with van der Waals surface area (Å²) in [5, 5.41) is 5.61. The Morgan fingerprint density at radius 2 is 2.00 bits per heavy atom. The van der Waals surface area contributed by atoms with Gasteiger partial charge >= 0.3 is 5.51 Å². The van der Waals surface area contributed by atoms with Crippen molar-refractivity contribution in [2.75, 3.05) is 32.5 Å². The molecule has 4 nitrogen and oxygen atoms in total. The SMILES string of the molecule is COC1(C(=O)NCCSC(F)(F)F)CCNCC1.Cl. The second-order valence-electron chi connectivity index (χ2n) is 4.00. The van der Waals surface area contributed by atoms with Crippen molar-refractivity contribution in [1.82, 2.24) is 10.6 Å². The first-order valence-corrected chi connectivity index (χ1v) is 6.63. The highest BCUT2D eigenvalue weighted by Gasteiger charge is 2.39. The van der Waals surface area contributed by atoms with Gasteiger partial charge in [0.2, 0.25) is 0 Å². The van der Waals surface area contributed by atoms with Crippen molar-refractivity contribution in [3.8, 4) is 0 Å². The number of carbonyl (C=O) groups excluding carboxylic acids is 1. The van der Waals surface area contributed by atoms with Crippen LogP contribution in [0.25, 0.3) is 0 Å². The average Bonchev–Trinajstić information content (AvgIpc) is 2.34. The van der Waals surface area contributed by atoms with E-state index in [-0.39, 0.29) is 42.4 Å². The van der Waals surface area contributed by atoms with Crippen LogP contribution in [0.2, 0.25) is 0 Å². The summed E-state index contributed by atoms with van der Waals surface area (Å²) in [6, 6.07) is 0. The Balaban J connectivity index is 0.00000324. The van der Waals surface area contributed by atoms with Crippen LogP contribution in [0.5, 0.6) is 0 Å². The molecule has 0 aromatic rings. The van der Waals surface area contributed by atoms with Gasteiger partial charge in [0.05, 0.1) is 0 Å². The lowest BCUT2D eigenvalue weighted by Crippen LogP contribution is -2.54. The quantitative estimate of drug-likeness (QED) is 0.754. The third-order valence-electron chi connectivity index (χ3n) is 2.87. The number of amides is 1. The Morgan fingerprint density at radius 3 is 2.47 bits per heavy atom. The van der Waals surface area contributed by atoms with Gasteiger partial charge in [0.1, 0.15) is 5.60 Å². The molecule has 0 atom stereocenters. The molecule has 1 heterocycles. The van der Waals surface area contributed by atoms with E-state index < -0.39 is 11.1 Å². The van der Waals surface area contributed by atoms with Gasteiger partial charge in [-0.3, -0.25) is 4.79 Å². The van der Waals surface area contributed by atoms with Crippen LogP contribution in [0.1, 0.15) is 12.8 Å². The fourth-order valence-electron chi connectivity index (χ4n) is 1.85. The van der Waals surface area contributed by atoms with Crippen LogP contribution < -0.4 is 10.6 Å². The number of alkyl halides is 3. The van der Waals surface area contributed by atoms with Gasteiger partial charge < -0.3 is 15.4 Å².